The second-order valence-electron chi connectivity index (χ2n) is 4.06. The number of aromatic hydroxyl groups is 1. The highest BCUT2D eigenvalue weighted by Gasteiger charge is 2.04. The van der Waals surface area contributed by atoms with Crippen LogP contribution in [0, 0.1) is 0 Å². The number of aromatic nitrogens is 1. The van der Waals surface area contributed by atoms with Gasteiger partial charge in [0.15, 0.2) is 0 Å². The van der Waals surface area contributed by atoms with Crippen LogP contribution >= 0.6 is 27.3 Å². The topological polar surface area (TPSA) is 33.1 Å². The van der Waals surface area contributed by atoms with Gasteiger partial charge in [-0.3, -0.25) is 4.98 Å². The molecule has 1 aromatic carbocycles. The number of benzene rings is 1. The normalized spacial score (nSPS) is 11.4. The Kier molecular flexibility index (Phi) is 3.36. The smallest absolute Gasteiger partial charge is 0.141 e. The maximum Gasteiger partial charge on any atom is 0.141 e. The fraction of sp³-hybridized carbons (Fsp3) is 0. The Labute approximate surface area is 123 Å². The second kappa shape index (κ2) is 5.15. The first kappa shape index (κ1) is 12.4. The van der Waals surface area contributed by atoms with E-state index in [0.717, 1.165) is 20.3 Å². The fourth-order valence-electron chi connectivity index (χ4n) is 1.93. The Morgan fingerprint density at radius 2 is 1.95 bits per heavy atom. The van der Waals surface area contributed by atoms with Crippen molar-refractivity contribution < 1.29 is 5.11 Å². The molecule has 0 spiro atoms. The van der Waals surface area contributed by atoms with Gasteiger partial charge in [-0.1, -0.05) is 24.3 Å². The molecule has 0 saturated carbocycles. The van der Waals surface area contributed by atoms with E-state index in [1.165, 1.54) is 0 Å². The van der Waals surface area contributed by atoms with Crippen molar-refractivity contribution in [3.05, 3.63) is 56.8 Å². The predicted molar refractivity (Wildman–Crippen MR) is 84.4 cm³/mol. The number of hydrogen-bond acceptors (Lipinski definition) is 3. The van der Waals surface area contributed by atoms with Crippen LogP contribution in [0.15, 0.2) is 45.7 Å². The summed E-state index contributed by atoms with van der Waals surface area (Å²) in [5.74, 6) is 0.212. The first-order valence-corrected chi connectivity index (χ1v) is 7.41. The van der Waals surface area contributed by atoms with Crippen molar-refractivity contribution in [2.24, 2.45) is 0 Å². The molecule has 0 aliphatic carbocycles. The van der Waals surface area contributed by atoms with Crippen LogP contribution < -0.4 is 0 Å². The van der Waals surface area contributed by atoms with Crippen molar-refractivity contribution in [1.82, 2.24) is 4.98 Å². The standard InChI is InChI=1S/C15H10BrNOS/c16-15-11(7-9-19-15)4-3-10-5-6-13(18)14-12(10)2-1-8-17-14/h1-9,18H/b4-3+. The van der Waals surface area contributed by atoms with E-state index in [1.54, 1.807) is 23.6 Å². The average Bonchev–Trinajstić information content (AvgIpc) is 2.84. The molecule has 4 heteroatoms. The summed E-state index contributed by atoms with van der Waals surface area (Å²) in [4.78, 5) is 4.21. The van der Waals surface area contributed by atoms with Crippen molar-refractivity contribution in [3.63, 3.8) is 0 Å². The maximum absolute atomic E-state index is 9.80. The Morgan fingerprint density at radius 1 is 1.11 bits per heavy atom. The molecule has 0 amide bonds. The number of phenols is 1. The first-order chi connectivity index (χ1) is 9.25. The van der Waals surface area contributed by atoms with Crippen LogP contribution in [-0.4, -0.2) is 10.1 Å². The largest absolute Gasteiger partial charge is 0.506 e. The van der Waals surface area contributed by atoms with Crippen molar-refractivity contribution >= 4 is 50.3 Å². The lowest BCUT2D eigenvalue weighted by atomic mass is 10.1. The quantitative estimate of drug-likeness (QED) is 0.721. The molecule has 2 heterocycles. The highest BCUT2D eigenvalue weighted by atomic mass is 79.9. The van der Waals surface area contributed by atoms with E-state index in [0.29, 0.717) is 5.52 Å². The van der Waals surface area contributed by atoms with Gasteiger partial charge in [0, 0.05) is 11.6 Å². The van der Waals surface area contributed by atoms with Gasteiger partial charge in [0.05, 0.1) is 3.79 Å². The third-order valence-corrected chi connectivity index (χ3v) is 4.60. The molecule has 0 radical (unpaired) electrons. The van der Waals surface area contributed by atoms with Gasteiger partial charge < -0.3 is 5.11 Å². The Hall–Kier alpha value is -1.65. The molecule has 3 aromatic rings. The molecule has 0 bridgehead atoms. The molecule has 0 atom stereocenters. The number of hydrogen-bond donors (Lipinski definition) is 1. The van der Waals surface area contributed by atoms with Crippen molar-refractivity contribution in [2.75, 3.05) is 0 Å². The van der Waals surface area contributed by atoms with Gasteiger partial charge in [0.25, 0.3) is 0 Å². The Morgan fingerprint density at radius 3 is 2.74 bits per heavy atom. The summed E-state index contributed by atoms with van der Waals surface area (Å²) in [7, 11) is 0. The van der Waals surface area contributed by atoms with E-state index in [4.69, 9.17) is 0 Å². The summed E-state index contributed by atoms with van der Waals surface area (Å²) in [6.07, 6.45) is 5.78. The number of nitrogens with zero attached hydrogens (tertiary/aromatic N) is 1. The van der Waals surface area contributed by atoms with Crippen molar-refractivity contribution in [3.8, 4) is 5.75 Å². The Balaban J connectivity index is 2.09. The van der Waals surface area contributed by atoms with Crippen LogP contribution in [-0.2, 0) is 0 Å². The number of rotatable bonds is 2. The summed E-state index contributed by atoms with van der Waals surface area (Å²) >= 11 is 5.17. The van der Waals surface area contributed by atoms with Gasteiger partial charge in [0.1, 0.15) is 11.3 Å². The molecule has 2 nitrogen and oxygen atoms in total. The van der Waals surface area contributed by atoms with Crippen LogP contribution in [0.1, 0.15) is 11.1 Å². The van der Waals surface area contributed by atoms with Crippen LogP contribution in [0.25, 0.3) is 23.1 Å². The van der Waals surface area contributed by atoms with Crippen LogP contribution in [0.3, 0.4) is 0 Å². The van der Waals surface area contributed by atoms with Gasteiger partial charge in [-0.2, -0.15) is 0 Å². The SMILES string of the molecule is Oc1ccc(/C=C/c2ccsc2Br)c2cccnc12. The van der Waals surface area contributed by atoms with Crippen LogP contribution in [0.4, 0.5) is 0 Å². The zero-order valence-electron chi connectivity index (χ0n) is 9.88. The number of pyridine rings is 1. The lowest BCUT2D eigenvalue weighted by Gasteiger charge is -2.03. The molecule has 0 unspecified atom stereocenters. The first-order valence-electron chi connectivity index (χ1n) is 5.73. The Bertz CT molecular complexity index is 764. The lowest BCUT2D eigenvalue weighted by Crippen LogP contribution is -1.82. The molecule has 3 rings (SSSR count). The zero-order chi connectivity index (χ0) is 13.2. The minimum absolute atomic E-state index is 0.212. The van der Waals surface area contributed by atoms with E-state index < -0.39 is 0 Å². The monoisotopic (exact) mass is 331 g/mol. The molecule has 0 aliphatic rings. The lowest BCUT2D eigenvalue weighted by molar-refractivity contribution is 0.480. The van der Waals surface area contributed by atoms with Gasteiger partial charge in [0.2, 0.25) is 0 Å². The van der Waals surface area contributed by atoms with E-state index in [9.17, 15) is 5.11 Å². The van der Waals surface area contributed by atoms with Gasteiger partial charge in [-0.25, -0.2) is 0 Å². The summed E-state index contributed by atoms with van der Waals surface area (Å²) in [6, 6.07) is 9.48. The van der Waals surface area contributed by atoms with Gasteiger partial charge in [-0.15, -0.1) is 11.3 Å². The minimum Gasteiger partial charge on any atom is -0.506 e. The van der Waals surface area contributed by atoms with E-state index in [-0.39, 0.29) is 5.75 Å². The van der Waals surface area contributed by atoms with E-state index in [2.05, 4.69) is 33.1 Å². The second-order valence-corrected chi connectivity index (χ2v) is 6.29. The molecule has 0 fully saturated rings. The predicted octanol–water partition coefficient (Wildman–Crippen LogP) is 4.93. The number of halogens is 1. The highest BCUT2D eigenvalue weighted by molar-refractivity contribution is 9.11. The van der Waals surface area contributed by atoms with Gasteiger partial charge in [-0.05, 0) is 50.6 Å². The van der Waals surface area contributed by atoms with Crippen LogP contribution in [0.2, 0.25) is 0 Å². The van der Waals surface area contributed by atoms with E-state index >= 15 is 0 Å². The maximum atomic E-state index is 9.80. The molecule has 2 aromatic heterocycles. The highest BCUT2D eigenvalue weighted by Crippen LogP contribution is 2.29. The third-order valence-electron chi connectivity index (χ3n) is 2.87. The van der Waals surface area contributed by atoms with Gasteiger partial charge >= 0.3 is 0 Å². The average molecular weight is 332 g/mol. The molecule has 19 heavy (non-hydrogen) atoms. The third kappa shape index (κ3) is 2.41. The van der Waals surface area contributed by atoms with E-state index in [1.807, 2.05) is 29.7 Å². The zero-order valence-corrected chi connectivity index (χ0v) is 12.3. The molecule has 0 aliphatic heterocycles. The molecular formula is C15H10BrNOS. The number of fused-ring (bicyclic) bond motifs is 1. The van der Waals surface area contributed by atoms with Crippen molar-refractivity contribution in [2.45, 2.75) is 0 Å². The van der Waals surface area contributed by atoms with Crippen LogP contribution in [0.5, 0.6) is 5.75 Å². The van der Waals surface area contributed by atoms with Crippen molar-refractivity contribution in [1.29, 1.82) is 0 Å². The molecule has 1 N–H and O–H groups in total. The minimum atomic E-state index is 0.212. The molecule has 94 valence electrons. The summed E-state index contributed by atoms with van der Waals surface area (Å²) in [6.45, 7) is 0. The molecule has 0 saturated heterocycles. The summed E-state index contributed by atoms with van der Waals surface area (Å²) in [5.41, 5.74) is 2.82. The summed E-state index contributed by atoms with van der Waals surface area (Å²) in [5, 5.41) is 12.8. The molecular weight excluding hydrogens is 322 g/mol. The summed E-state index contributed by atoms with van der Waals surface area (Å²) < 4.78 is 1.12. The number of phenolic OH excluding ortho intramolecular Hbond substituents is 1. The fourth-order valence-corrected chi connectivity index (χ4v) is 3.12. The number of thiophene rings is 1.